The number of aliphatic imine (C=N–C) groups is 1. The maximum Gasteiger partial charge on any atom is 0.255 e. The molecular formula is C29H44N6O3. The first-order valence-electron chi connectivity index (χ1n) is 12.9. The number of carbonyl (C=O) groups excluding carboxylic acids is 3. The van der Waals surface area contributed by atoms with Crippen molar-refractivity contribution in [2.45, 2.75) is 53.9 Å². The molecule has 0 saturated heterocycles. The topological polar surface area (TPSA) is 143 Å². The zero-order chi connectivity index (χ0) is 28.9. The summed E-state index contributed by atoms with van der Waals surface area (Å²) in [6.07, 6.45) is 6.41. The SMILES string of the molecule is CC.CC1=Cc2ccc(C(=O)Nc3cccc(C=O)c3)cc2N=C(N)C1.CCCN(C=O)CCC.CNN. The molecule has 1 aliphatic rings. The molecule has 0 spiro atoms. The zero-order valence-electron chi connectivity index (χ0n) is 23.6. The Hall–Kier alpha value is -3.82. The van der Waals surface area contributed by atoms with E-state index in [9.17, 15) is 14.4 Å². The summed E-state index contributed by atoms with van der Waals surface area (Å²) in [5.41, 5.74) is 12.4. The van der Waals surface area contributed by atoms with E-state index in [0.29, 0.717) is 34.8 Å². The molecule has 6 N–H and O–H groups in total. The third-order valence-corrected chi connectivity index (χ3v) is 4.87. The van der Waals surface area contributed by atoms with Gasteiger partial charge in [0.15, 0.2) is 0 Å². The number of nitrogens with two attached hydrogens (primary N) is 2. The molecule has 1 heterocycles. The van der Waals surface area contributed by atoms with Crippen molar-refractivity contribution >= 4 is 41.9 Å². The highest BCUT2D eigenvalue weighted by Crippen LogP contribution is 2.27. The van der Waals surface area contributed by atoms with Crippen LogP contribution < -0.4 is 22.3 Å². The molecule has 0 bridgehead atoms. The molecule has 0 saturated carbocycles. The zero-order valence-corrected chi connectivity index (χ0v) is 23.6. The molecule has 0 fully saturated rings. The van der Waals surface area contributed by atoms with Crippen molar-refractivity contribution in [2.75, 3.05) is 25.5 Å². The van der Waals surface area contributed by atoms with Gasteiger partial charge in [-0.3, -0.25) is 25.7 Å². The first-order chi connectivity index (χ1) is 18.3. The van der Waals surface area contributed by atoms with Crippen molar-refractivity contribution < 1.29 is 14.4 Å². The van der Waals surface area contributed by atoms with Gasteiger partial charge < -0.3 is 16.0 Å². The van der Waals surface area contributed by atoms with E-state index in [-0.39, 0.29) is 5.91 Å². The Morgan fingerprint density at radius 1 is 1.08 bits per heavy atom. The lowest BCUT2D eigenvalue weighted by molar-refractivity contribution is -0.118. The van der Waals surface area contributed by atoms with E-state index in [1.807, 2.05) is 32.9 Å². The molecule has 3 rings (SSSR count). The Morgan fingerprint density at radius 2 is 1.71 bits per heavy atom. The molecule has 2 amide bonds. The van der Waals surface area contributed by atoms with E-state index < -0.39 is 0 Å². The molecule has 9 nitrogen and oxygen atoms in total. The fourth-order valence-corrected chi connectivity index (χ4v) is 3.38. The van der Waals surface area contributed by atoms with Crippen LogP contribution in [0.2, 0.25) is 0 Å². The highest BCUT2D eigenvalue weighted by atomic mass is 16.1. The van der Waals surface area contributed by atoms with Crippen LogP contribution in [0.4, 0.5) is 11.4 Å². The van der Waals surface area contributed by atoms with Crippen LogP contribution in [-0.4, -0.2) is 49.5 Å². The summed E-state index contributed by atoms with van der Waals surface area (Å²) in [6.45, 7) is 11.9. The number of fused-ring (bicyclic) bond motifs is 1. The maximum absolute atomic E-state index is 12.4. The van der Waals surface area contributed by atoms with Gasteiger partial charge in [-0.15, -0.1) is 0 Å². The summed E-state index contributed by atoms with van der Waals surface area (Å²) in [5, 5.41) is 2.78. The number of rotatable bonds is 8. The summed E-state index contributed by atoms with van der Waals surface area (Å²) >= 11 is 0. The van der Waals surface area contributed by atoms with Crippen LogP contribution in [0.1, 0.15) is 80.2 Å². The lowest BCUT2D eigenvalue weighted by Gasteiger charge is -2.13. The molecule has 2 aromatic rings. The quantitative estimate of drug-likeness (QED) is 0.219. The first-order valence-corrected chi connectivity index (χ1v) is 12.9. The smallest absolute Gasteiger partial charge is 0.255 e. The number of aldehydes is 1. The number of hydrogen-bond donors (Lipinski definition) is 4. The first kappa shape index (κ1) is 34.2. The van der Waals surface area contributed by atoms with Crippen LogP contribution in [0.25, 0.3) is 6.08 Å². The van der Waals surface area contributed by atoms with E-state index in [4.69, 9.17) is 5.73 Å². The predicted molar refractivity (Wildman–Crippen MR) is 159 cm³/mol. The second kappa shape index (κ2) is 20.3. The summed E-state index contributed by atoms with van der Waals surface area (Å²) in [4.78, 5) is 39.7. The Balaban J connectivity index is 0.000000821. The van der Waals surface area contributed by atoms with E-state index in [1.165, 1.54) is 0 Å². The van der Waals surface area contributed by atoms with E-state index in [0.717, 1.165) is 49.8 Å². The normalized spacial score (nSPS) is 11.1. The van der Waals surface area contributed by atoms with E-state index >= 15 is 0 Å². The Kier molecular flexibility index (Phi) is 18.2. The summed E-state index contributed by atoms with van der Waals surface area (Å²) in [7, 11) is 1.65. The summed E-state index contributed by atoms with van der Waals surface area (Å²) in [6, 6.07) is 12.1. The van der Waals surface area contributed by atoms with Crippen molar-refractivity contribution in [3.63, 3.8) is 0 Å². The number of carbonyl (C=O) groups is 3. The van der Waals surface area contributed by atoms with E-state index in [2.05, 4.69) is 35.4 Å². The van der Waals surface area contributed by atoms with Gasteiger partial charge in [0.2, 0.25) is 6.41 Å². The average molecular weight is 525 g/mol. The van der Waals surface area contributed by atoms with Gasteiger partial charge in [-0.05, 0) is 51.1 Å². The van der Waals surface area contributed by atoms with Gasteiger partial charge >= 0.3 is 0 Å². The largest absolute Gasteiger partial charge is 0.387 e. The second-order valence-corrected chi connectivity index (χ2v) is 8.17. The number of nitrogens with one attached hydrogen (secondary N) is 2. The molecule has 1 aliphatic heterocycles. The number of hydrazine groups is 1. The molecule has 9 heteroatoms. The van der Waals surface area contributed by atoms with Crippen molar-refractivity contribution in [2.24, 2.45) is 16.6 Å². The van der Waals surface area contributed by atoms with E-state index in [1.54, 1.807) is 48.3 Å². The minimum absolute atomic E-state index is 0.264. The number of anilines is 1. The van der Waals surface area contributed by atoms with Gasteiger partial charge in [-0.2, -0.15) is 0 Å². The van der Waals surface area contributed by atoms with Gasteiger partial charge in [-0.25, -0.2) is 4.99 Å². The van der Waals surface area contributed by atoms with Gasteiger partial charge in [-0.1, -0.05) is 57.5 Å². The molecule has 0 aromatic heterocycles. The van der Waals surface area contributed by atoms with Crippen molar-refractivity contribution in [3.8, 4) is 0 Å². The van der Waals surface area contributed by atoms with Crippen LogP contribution >= 0.6 is 0 Å². The Labute approximate surface area is 227 Å². The minimum atomic E-state index is -0.264. The molecule has 2 aromatic carbocycles. The Bertz CT molecular complexity index is 1060. The molecule has 0 aliphatic carbocycles. The summed E-state index contributed by atoms with van der Waals surface area (Å²) < 4.78 is 0. The molecule has 0 atom stereocenters. The van der Waals surface area contributed by atoms with Crippen LogP contribution in [0, 0.1) is 0 Å². The highest BCUT2D eigenvalue weighted by molar-refractivity contribution is 6.05. The van der Waals surface area contributed by atoms with Crippen molar-refractivity contribution in [3.05, 3.63) is 64.7 Å². The van der Waals surface area contributed by atoms with Gasteiger partial charge in [0.1, 0.15) is 12.1 Å². The monoisotopic (exact) mass is 524 g/mol. The highest BCUT2D eigenvalue weighted by Gasteiger charge is 2.12. The minimum Gasteiger partial charge on any atom is -0.387 e. The number of nitrogens with zero attached hydrogens (tertiary/aromatic N) is 2. The number of hydrogen-bond acceptors (Lipinski definition) is 7. The van der Waals surface area contributed by atoms with Gasteiger partial charge in [0.25, 0.3) is 5.91 Å². The third-order valence-electron chi connectivity index (χ3n) is 4.87. The fraction of sp³-hybridized carbons (Fsp3) is 0.379. The number of amidine groups is 1. The average Bonchev–Trinajstić information content (AvgIpc) is 3.06. The van der Waals surface area contributed by atoms with Gasteiger partial charge in [0.05, 0.1) is 5.69 Å². The van der Waals surface area contributed by atoms with Crippen LogP contribution in [0.5, 0.6) is 0 Å². The lowest BCUT2D eigenvalue weighted by Crippen LogP contribution is -2.23. The molecular weight excluding hydrogens is 480 g/mol. The lowest BCUT2D eigenvalue weighted by atomic mass is 10.1. The molecule has 208 valence electrons. The number of amides is 2. The second-order valence-electron chi connectivity index (χ2n) is 8.17. The summed E-state index contributed by atoms with van der Waals surface area (Å²) in [5.74, 6) is 4.86. The van der Waals surface area contributed by atoms with Crippen molar-refractivity contribution in [1.82, 2.24) is 10.3 Å². The standard InChI is InChI=1S/C19H17N3O2.C7H15NO.C2H6.CH6N2/c1-12-7-14-5-6-15(10-17(14)22-18(20)8-12)19(24)21-16-4-2-3-13(9-16)11-23;1-3-5-8(7-9)6-4-2;1-2;1-3-2/h2-7,9-11H,8H2,1H3,(H2,20,22)(H,21,24);7H,3-6H2,1-2H3;1-2H3;3H,2H2,1H3. The molecule has 0 radical (unpaired) electrons. The fourth-order valence-electron chi connectivity index (χ4n) is 3.38. The predicted octanol–water partition coefficient (Wildman–Crippen LogP) is 4.92. The Morgan fingerprint density at radius 3 is 2.26 bits per heavy atom. The molecule has 38 heavy (non-hydrogen) atoms. The molecule has 0 unspecified atom stereocenters. The third kappa shape index (κ3) is 12.9. The van der Waals surface area contributed by atoms with Crippen LogP contribution in [0.3, 0.4) is 0 Å². The van der Waals surface area contributed by atoms with Crippen molar-refractivity contribution in [1.29, 1.82) is 0 Å². The maximum atomic E-state index is 12.4. The van der Waals surface area contributed by atoms with Gasteiger partial charge in [0, 0.05) is 41.9 Å². The number of benzene rings is 2. The van der Waals surface area contributed by atoms with Crippen LogP contribution in [-0.2, 0) is 4.79 Å². The van der Waals surface area contributed by atoms with Crippen LogP contribution in [0.15, 0.2) is 53.0 Å².